The Hall–Kier alpha value is -2.62. The van der Waals surface area contributed by atoms with Gasteiger partial charge in [0.1, 0.15) is 12.2 Å². The van der Waals surface area contributed by atoms with Crippen LogP contribution in [0.3, 0.4) is 0 Å². The van der Waals surface area contributed by atoms with Crippen LogP contribution in [0.4, 0.5) is 0 Å². The molecule has 1 aliphatic carbocycles. The van der Waals surface area contributed by atoms with Crippen LogP contribution in [0.5, 0.6) is 0 Å². The van der Waals surface area contributed by atoms with E-state index in [1.807, 2.05) is 121 Å². The zero-order valence-electron chi connectivity index (χ0n) is 20.3. The predicted octanol–water partition coefficient (Wildman–Crippen LogP) is 6.42. The van der Waals surface area contributed by atoms with Crippen LogP contribution in [0.1, 0.15) is 64.9 Å². The fraction of sp³-hybridized carbons (Fsp3) is 0.345. The van der Waals surface area contributed by atoms with E-state index < -0.39 is 23.0 Å². The minimum atomic E-state index is -0.655. The highest BCUT2D eigenvalue weighted by Gasteiger charge is 2.46. The van der Waals surface area contributed by atoms with E-state index in [1.54, 1.807) is 0 Å². The molecule has 0 spiro atoms. The van der Waals surface area contributed by atoms with E-state index >= 15 is 0 Å². The van der Waals surface area contributed by atoms with Crippen LogP contribution in [0.25, 0.3) is 0 Å². The highest BCUT2D eigenvalue weighted by atomic mass is 16.6. The van der Waals surface area contributed by atoms with Gasteiger partial charge in [-0.25, -0.2) is 0 Å². The Kier molecular flexibility index (Phi) is 7.66. The van der Waals surface area contributed by atoms with Crippen molar-refractivity contribution in [3.05, 3.63) is 103 Å². The third kappa shape index (κ3) is 6.25. The lowest BCUT2D eigenvalue weighted by Gasteiger charge is -2.34. The molecular formula is C29H33O4. The number of carbonyl (C=O) groups is 2. The number of carbonyl (C=O) groups excluding carboxylic acids is 2. The predicted molar refractivity (Wildman–Crippen MR) is 129 cm³/mol. The Labute approximate surface area is 198 Å². The number of hydrogen-bond acceptors (Lipinski definition) is 4. The van der Waals surface area contributed by atoms with Gasteiger partial charge in [0.25, 0.3) is 0 Å². The van der Waals surface area contributed by atoms with Gasteiger partial charge in [-0.2, -0.15) is 0 Å². The molecule has 0 aromatic heterocycles. The molecule has 0 amide bonds. The molecule has 1 fully saturated rings. The van der Waals surface area contributed by atoms with Crippen molar-refractivity contribution in [1.29, 1.82) is 0 Å². The Morgan fingerprint density at radius 1 is 0.606 bits per heavy atom. The smallest absolute Gasteiger partial charge is 0.311 e. The van der Waals surface area contributed by atoms with Crippen LogP contribution in [-0.4, -0.2) is 11.9 Å². The largest absolute Gasteiger partial charge is 0.456 e. The standard InChI is InChI=1S/C29H33O4/c1-28(2,3)26(30)32-24(20-14-9-7-10-15-20)22-18-13-19-23(22)25(21-16-11-8-12-17-21)33-27(31)29(4,5)6/h7-19,24-25H,1-6H3/t24-,25-/m0/s1. The maximum Gasteiger partial charge on any atom is 0.311 e. The van der Waals surface area contributed by atoms with Gasteiger partial charge in [0, 0.05) is 11.8 Å². The summed E-state index contributed by atoms with van der Waals surface area (Å²) in [6, 6.07) is 19.3. The molecule has 33 heavy (non-hydrogen) atoms. The quantitative estimate of drug-likeness (QED) is 0.481. The minimum absolute atomic E-state index is 0.300. The Morgan fingerprint density at radius 3 is 1.24 bits per heavy atom. The van der Waals surface area contributed by atoms with Gasteiger partial charge in [-0.1, -0.05) is 60.7 Å². The fourth-order valence-corrected chi connectivity index (χ4v) is 3.37. The summed E-state index contributed by atoms with van der Waals surface area (Å²) in [5, 5.41) is 0. The molecule has 4 nitrogen and oxygen atoms in total. The number of rotatable bonds is 6. The molecule has 173 valence electrons. The molecule has 2 aromatic carbocycles. The van der Waals surface area contributed by atoms with E-state index in [4.69, 9.17) is 9.47 Å². The molecule has 0 N–H and O–H groups in total. The SMILES string of the molecule is CC(C)(C)C(=O)O[C@H]([C]1[CH][CH][CH][C]1[C@@H](OC(=O)C(C)(C)C)c1ccccc1)c1ccccc1. The summed E-state index contributed by atoms with van der Waals surface area (Å²) < 4.78 is 12.1. The van der Waals surface area contributed by atoms with E-state index in [1.165, 1.54) is 0 Å². The summed E-state index contributed by atoms with van der Waals surface area (Å²) in [5.74, 6) is 1.00. The molecule has 4 heteroatoms. The zero-order valence-corrected chi connectivity index (χ0v) is 20.3. The van der Waals surface area contributed by atoms with Crippen molar-refractivity contribution in [2.75, 3.05) is 0 Å². The monoisotopic (exact) mass is 445 g/mol. The molecule has 1 aliphatic rings. The van der Waals surface area contributed by atoms with Crippen molar-refractivity contribution in [2.24, 2.45) is 10.8 Å². The van der Waals surface area contributed by atoms with Crippen LogP contribution < -0.4 is 0 Å². The van der Waals surface area contributed by atoms with E-state index in [2.05, 4.69) is 0 Å². The average Bonchev–Trinajstić information content (AvgIpc) is 3.24. The van der Waals surface area contributed by atoms with Crippen LogP contribution in [0.15, 0.2) is 60.7 Å². The van der Waals surface area contributed by atoms with Crippen molar-refractivity contribution in [2.45, 2.75) is 53.8 Å². The van der Waals surface area contributed by atoms with Crippen LogP contribution in [0.2, 0.25) is 0 Å². The number of hydrogen-bond donors (Lipinski definition) is 0. The van der Waals surface area contributed by atoms with Gasteiger partial charge in [0.2, 0.25) is 0 Å². The lowest BCUT2D eigenvalue weighted by molar-refractivity contribution is -0.160. The topological polar surface area (TPSA) is 52.6 Å². The zero-order chi connectivity index (χ0) is 24.2. The van der Waals surface area contributed by atoms with Gasteiger partial charge in [-0.3, -0.25) is 9.59 Å². The third-order valence-corrected chi connectivity index (χ3v) is 5.33. The second-order valence-corrected chi connectivity index (χ2v) is 10.3. The molecular weight excluding hydrogens is 412 g/mol. The second-order valence-electron chi connectivity index (χ2n) is 10.3. The molecule has 5 radical (unpaired) electrons. The lowest BCUT2D eigenvalue weighted by atomic mass is 9.81. The molecule has 0 saturated heterocycles. The van der Waals surface area contributed by atoms with Crippen molar-refractivity contribution >= 4 is 11.9 Å². The summed E-state index contributed by atoms with van der Waals surface area (Å²) in [7, 11) is 0. The molecule has 1 saturated carbocycles. The number of esters is 2. The number of benzene rings is 2. The van der Waals surface area contributed by atoms with E-state index in [0.717, 1.165) is 23.0 Å². The highest BCUT2D eigenvalue weighted by Crippen LogP contribution is 2.51. The first kappa shape index (κ1) is 25.0. The number of ether oxygens (including phenoxy) is 2. The Balaban J connectivity index is 1.99. The van der Waals surface area contributed by atoms with Crippen molar-refractivity contribution < 1.29 is 19.1 Å². The fourth-order valence-electron chi connectivity index (χ4n) is 3.37. The first-order valence-corrected chi connectivity index (χ1v) is 11.3. The molecule has 0 heterocycles. The Bertz CT molecular complexity index is 844. The van der Waals surface area contributed by atoms with Gasteiger partial charge in [0.05, 0.1) is 10.8 Å². The molecule has 0 bridgehead atoms. The Morgan fingerprint density at radius 2 is 0.939 bits per heavy atom. The highest BCUT2D eigenvalue weighted by molar-refractivity contribution is 5.77. The molecule has 2 aromatic rings. The van der Waals surface area contributed by atoms with E-state index in [9.17, 15) is 9.59 Å². The molecule has 0 unspecified atom stereocenters. The first-order valence-electron chi connectivity index (χ1n) is 11.3. The molecule has 2 atom stereocenters. The van der Waals surface area contributed by atoms with Gasteiger partial charge < -0.3 is 9.47 Å². The van der Waals surface area contributed by atoms with Gasteiger partial charge in [-0.05, 0) is 71.9 Å². The maximum absolute atomic E-state index is 12.9. The van der Waals surface area contributed by atoms with Crippen LogP contribution in [0, 0.1) is 41.9 Å². The van der Waals surface area contributed by atoms with E-state index in [-0.39, 0.29) is 11.9 Å². The summed E-state index contributed by atoms with van der Waals surface area (Å²) in [6.45, 7) is 11.0. The van der Waals surface area contributed by atoms with E-state index in [0.29, 0.717) is 0 Å². The second kappa shape index (κ2) is 10.1. The maximum atomic E-state index is 12.9. The normalized spacial score (nSPS) is 17.4. The van der Waals surface area contributed by atoms with Gasteiger partial charge in [0.15, 0.2) is 0 Å². The summed E-state index contributed by atoms with van der Waals surface area (Å²) in [4.78, 5) is 25.8. The molecule has 3 rings (SSSR count). The van der Waals surface area contributed by atoms with Crippen molar-refractivity contribution in [3.63, 3.8) is 0 Å². The molecule has 0 aliphatic heterocycles. The minimum Gasteiger partial charge on any atom is -0.456 e. The van der Waals surface area contributed by atoms with Crippen LogP contribution >= 0.6 is 0 Å². The first-order chi connectivity index (χ1) is 15.5. The summed E-state index contributed by atoms with van der Waals surface area (Å²) in [5.41, 5.74) is 0.405. The lowest BCUT2D eigenvalue weighted by Crippen LogP contribution is -2.32. The summed E-state index contributed by atoms with van der Waals surface area (Å²) in [6.07, 6.45) is 4.53. The summed E-state index contributed by atoms with van der Waals surface area (Å²) >= 11 is 0. The average molecular weight is 446 g/mol. The van der Waals surface area contributed by atoms with Crippen molar-refractivity contribution in [1.82, 2.24) is 0 Å². The van der Waals surface area contributed by atoms with Crippen LogP contribution in [-0.2, 0) is 19.1 Å². The van der Waals surface area contributed by atoms with Crippen molar-refractivity contribution in [3.8, 4) is 0 Å². The third-order valence-electron chi connectivity index (χ3n) is 5.33. The van der Waals surface area contributed by atoms with Gasteiger partial charge >= 0.3 is 11.9 Å². The van der Waals surface area contributed by atoms with Gasteiger partial charge in [-0.15, -0.1) is 0 Å².